The van der Waals surface area contributed by atoms with Gasteiger partial charge in [0.25, 0.3) is 0 Å². The number of aryl methyl sites for hydroxylation is 1. The molecule has 4 rings (SSSR count). The zero-order valence-electron chi connectivity index (χ0n) is 16.0. The summed E-state index contributed by atoms with van der Waals surface area (Å²) in [5.41, 5.74) is 0.933. The van der Waals surface area contributed by atoms with Gasteiger partial charge < -0.3 is 14.8 Å². The van der Waals surface area contributed by atoms with Gasteiger partial charge in [-0.25, -0.2) is 4.98 Å². The summed E-state index contributed by atoms with van der Waals surface area (Å²) in [6.07, 6.45) is 6.14. The van der Waals surface area contributed by atoms with Crippen molar-refractivity contribution in [2.24, 2.45) is 13.0 Å². The van der Waals surface area contributed by atoms with Gasteiger partial charge in [0.1, 0.15) is 24.0 Å². The minimum absolute atomic E-state index is 0.0645. The molecule has 2 heterocycles. The summed E-state index contributed by atoms with van der Waals surface area (Å²) in [7, 11) is 1.86. The molecule has 0 radical (unpaired) electrons. The molecule has 2 fully saturated rings. The molecule has 2 aliphatic rings. The van der Waals surface area contributed by atoms with Crippen LogP contribution in [0.1, 0.15) is 48.7 Å². The van der Waals surface area contributed by atoms with Crippen molar-refractivity contribution in [3.8, 4) is 12.1 Å². The first-order chi connectivity index (χ1) is 14.0. The molecular formula is C21H20N6O2. The molecule has 1 N–H and O–H groups in total. The minimum atomic E-state index is -0.449. The molecule has 1 aromatic heterocycles. The topological polar surface area (TPSA) is 115 Å². The van der Waals surface area contributed by atoms with E-state index in [0.717, 1.165) is 12.8 Å². The molecule has 1 aliphatic carbocycles. The largest absolute Gasteiger partial charge is 0.336 e. The fraction of sp³-hybridized carbons (Fsp3) is 0.381. The van der Waals surface area contributed by atoms with Crippen LogP contribution in [-0.2, 0) is 16.6 Å². The summed E-state index contributed by atoms with van der Waals surface area (Å²) < 4.78 is 1.86. The number of carbonyl (C=O) groups excluding carboxylic acids is 2. The van der Waals surface area contributed by atoms with Crippen molar-refractivity contribution in [2.75, 3.05) is 5.32 Å². The third kappa shape index (κ3) is 3.45. The van der Waals surface area contributed by atoms with E-state index in [-0.39, 0.29) is 29.0 Å². The molecule has 146 valence electrons. The van der Waals surface area contributed by atoms with Crippen LogP contribution in [0.15, 0.2) is 30.6 Å². The molecule has 1 aliphatic heterocycles. The fourth-order valence-electron chi connectivity index (χ4n) is 3.99. The Morgan fingerprint density at radius 3 is 2.59 bits per heavy atom. The zero-order chi connectivity index (χ0) is 20.5. The van der Waals surface area contributed by atoms with Crippen LogP contribution in [0.3, 0.4) is 0 Å². The van der Waals surface area contributed by atoms with E-state index < -0.39 is 12.0 Å². The summed E-state index contributed by atoms with van der Waals surface area (Å²) in [6, 6.07) is 8.31. The van der Waals surface area contributed by atoms with E-state index in [0.29, 0.717) is 24.4 Å². The average Bonchev–Trinajstić information content (AvgIpc) is 3.47. The van der Waals surface area contributed by atoms with Crippen molar-refractivity contribution < 1.29 is 9.59 Å². The lowest BCUT2D eigenvalue weighted by Gasteiger charge is -2.40. The van der Waals surface area contributed by atoms with E-state index in [1.807, 2.05) is 34.8 Å². The Bertz CT molecular complexity index is 1060. The lowest BCUT2D eigenvalue weighted by Crippen LogP contribution is -2.48. The van der Waals surface area contributed by atoms with Gasteiger partial charge >= 0.3 is 0 Å². The number of hydrogen-bond acceptors (Lipinski definition) is 5. The summed E-state index contributed by atoms with van der Waals surface area (Å²) in [5, 5.41) is 21.2. The van der Waals surface area contributed by atoms with Crippen LogP contribution in [0.4, 0.5) is 5.69 Å². The van der Waals surface area contributed by atoms with Crippen LogP contribution >= 0.6 is 0 Å². The Balaban J connectivity index is 1.64. The van der Waals surface area contributed by atoms with Crippen molar-refractivity contribution in [1.82, 2.24) is 14.5 Å². The van der Waals surface area contributed by atoms with E-state index in [1.54, 1.807) is 12.3 Å². The molecule has 8 heteroatoms. The molecule has 1 saturated carbocycles. The van der Waals surface area contributed by atoms with Crippen molar-refractivity contribution in [2.45, 2.75) is 37.8 Å². The predicted molar refractivity (Wildman–Crippen MR) is 103 cm³/mol. The maximum Gasteiger partial charge on any atom is 0.230 e. The van der Waals surface area contributed by atoms with Gasteiger partial charge in [-0.3, -0.25) is 9.59 Å². The van der Waals surface area contributed by atoms with Gasteiger partial charge in [0, 0.05) is 37.6 Å². The third-order valence-electron chi connectivity index (χ3n) is 5.57. The van der Waals surface area contributed by atoms with Crippen LogP contribution in [0.2, 0.25) is 0 Å². The van der Waals surface area contributed by atoms with Gasteiger partial charge in [0.2, 0.25) is 11.8 Å². The Morgan fingerprint density at radius 1 is 1.21 bits per heavy atom. The van der Waals surface area contributed by atoms with Gasteiger partial charge in [0.15, 0.2) is 0 Å². The van der Waals surface area contributed by atoms with Gasteiger partial charge in [0.05, 0.1) is 17.0 Å². The van der Waals surface area contributed by atoms with E-state index in [2.05, 4.69) is 10.3 Å². The van der Waals surface area contributed by atoms with Crippen LogP contribution < -0.4 is 5.32 Å². The predicted octanol–water partition coefficient (Wildman–Crippen LogP) is 2.24. The summed E-state index contributed by atoms with van der Waals surface area (Å²) in [5.74, 6) is 0.0951. The highest BCUT2D eigenvalue weighted by Crippen LogP contribution is 2.43. The number of hydrogen-bond donors (Lipinski definition) is 1. The molecule has 1 aromatic carbocycles. The Labute approximate surface area is 168 Å². The van der Waals surface area contributed by atoms with E-state index >= 15 is 0 Å². The fourth-order valence-corrected chi connectivity index (χ4v) is 3.99. The van der Waals surface area contributed by atoms with Crippen LogP contribution in [0.25, 0.3) is 0 Å². The number of benzene rings is 1. The maximum atomic E-state index is 13.2. The number of likely N-dealkylation sites (tertiary alicyclic amines) is 1. The summed E-state index contributed by atoms with van der Waals surface area (Å²) >= 11 is 0. The molecular weight excluding hydrogens is 368 g/mol. The normalized spacial score (nSPS) is 21.3. The highest BCUT2D eigenvalue weighted by atomic mass is 16.2. The summed E-state index contributed by atoms with van der Waals surface area (Å²) in [6.45, 7) is 0. The van der Waals surface area contributed by atoms with E-state index in [4.69, 9.17) is 5.26 Å². The van der Waals surface area contributed by atoms with Crippen LogP contribution in [-0.4, -0.2) is 32.3 Å². The second kappa shape index (κ2) is 7.40. The smallest absolute Gasteiger partial charge is 0.230 e. The van der Waals surface area contributed by atoms with Gasteiger partial charge in [-0.05, 0) is 37.5 Å². The van der Waals surface area contributed by atoms with Crippen molar-refractivity contribution in [1.29, 1.82) is 10.5 Å². The van der Waals surface area contributed by atoms with Crippen molar-refractivity contribution in [3.63, 3.8) is 0 Å². The van der Waals surface area contributed by atoms with Gasteiger partial charge in [-0.1, -0.05) is 0 Å². The quantitative estimate of drug-likeness (QED) is 0.862. The van der Waals surface area contributed by atoms with Crippen molar-refractivity contribution >= 4 is 17.5 Å². The Kier molecular flexibility index (Phi) is 4.77. The highest BCUT2D eigenvalue weighted by molar-refractivity contribution is 5.95. The number of carbonyl (C=O) groups is 2. The Hall–Kier alpha value is -3.65. The number of amides is 2. The number of nitriles is 2. The summed E-state index contributed by atoms with van der Waals surface area (Å²) in [4.78, 5) is 32.1. The number of anilines is 1. The van der Waals surface area contributed by atoms with Crippen LogP contribution in [0, 0.1) is 28.6 Å². The lowest BCUT2D eigenvalue weighted by molar-refractivity contribution is -0.143. The standard InChI is InChI=1S/C21H20N6O2/c1-26-9-8-24-20(26)19-17(6-7-18(28)27(19)16-4-5-16)21(29)25-15-3-2-13(11-22)14(10-15)12-23/h2-3,8-10,16-17,19H,4-7H2,1H3,(H,25,29)/t17-,19-/m0/s1. The maximum absolute atomic E-state index is 13.2. The molecule has 29 heavy (non-hydrogen) atoms. The monoisotopic (exact) mass is 388 g/mol. The van der Waals surface area contributed by atoms with E-state index in [9.17, 15) is 14.9 Å². The second-order valence-electron chi connectivity index (χ2n) is 7.49. The number of imidazole rings is 1. The first kappa shape index (κ1) is 18.7. The Morgan fingerprint density at radius 2 is 1.97 bits per heavy atom. The lowest BCUT2D eigenvalue weighted by atomic mass is 9.86. The van der Waals surface area contributed by atoms with E-state index in [1.165, 1.54) is 12.1 Å². The number of nitrogens with one attached hydrogen (secondary N) is 1. The average molecular weight is 388 g/mol. The first-order valence-corrected chi connectivity index (χ1v) is 9.57. The molecule has 2 atom stereocenters. The van der Waals surface area contributed by atoms with Crippen molar-refractivity contribution in [3.05, 3.63) is 47.5 Å². The molecule has 0 bridgehead atoms. The van der Waals surface area contributed by atoms with Gasteiger partial charge in [-0.2, -0.15) is 10.5 Å². The second-order valence-corrected chi connectivity index (χ2v) is 7.49. The molecule has 2 aromatic rings. The molecule has 1 saturated heterocycles. The minimum Gasteiger partial charge on any atom is -0.336 e. The number of rotatable bonds is 4. The zero-order valence-corrected chi connectivity index (χ0v) is 16.0. The number of piperidine rings is 1. The first-order valence-electron chi connectivity index (χ1n) is 9.57. The van der Waals surface area contributed by atoms with Gasteiger partial charge in [-0.15, -0.1) is 0 Å². The molecule has 8 nitrogen and oxygen atoms in total. The highest BCUT2D eigenvalue weighted by Gasteiger charge is 2.48. The number of aromatic nitrogens is 2. The molecule has 2 amide bonds. The molecule has 0 spiro atoms. The molecule has 0 unspecified atom stereocenters. The number of nitrogens with zero attached hydrogens (tertiary/aromatic N) is 5. The third-order valence-corrected chi connectivity index (χ3v) is 5.57. The van der Waals surface area contributed by atoms with Crippen LogP contribution in [0.5, 0.6) is 0 Å². The SMILES string of the molecule is Cn1ccnc1[C@@H]1[C@@H](C(=O)Nc2ccc(C#N)c(C#N)c2)CCC(=O)N1C1CC1.